The van der Waals surface area contributed by atoms with Crippen LogP contribution in [0.3, 0.4) is 0 Å². The highest BCUT2D eigenvalue weighted by atomic mass is 19.1. The minimum absolute atomic E-state index is 0.167. The summed E-state index contributed by atoms with van der Waals surface area (Å²) in [6.45, 7) is 7.64. The van der Waals surface area contributed by atoms with E-state index in [1.807, 2.05) is 42.8 Å². The maximum Gasteiger partial charge on any atom is 0.410 e. The van der Waals surface area contributed by atoms with Gasteiger partial charge in [0.1, 0.15) is 11.6 Å². The molecule has 0 spiro atoms. The number of likely N-dealkylation sites (N-methyl/N-ethyl adjacent to an activating group) is 1. The number of amides is 3. The molecule has 2 saturated heterocycles. The Bertz CT molecular complexity index is 1440. The van der Waals surface area contributed by atoms with E-state index in [4.69, 9.17) is 9.47 Å². The number of carbonyl (C=O) groups excluding carboxylic acids is 4. The molecule has 3 aliphatic heterocycles. The second-order valence-corrected chi connectivity index (χ2v) is 12.5. The van der Waals surface area contributed by atoms with Crippen molar-refractivity contribution < 1.29 is 33.0 Å². The third kappa shape index (κ3) is 6.62. The SMILES string of the molecule is CCOC(=O)N1C[C@H](C)N(C(=O)C(=O)C2CN(C)c3cc(OC)c(C(=O)N4CCC(Cc5ccc(F)cc5)CC4)cc32)C[C@H]1C. The zero-order valence-electron chi connectivity index (χ0n) is 26.8. The molecule has 2 fully saturated rings. The van der Waals surface area contributed by atoms with Crippen LogP contribution in [0.2, 0.25) is 0 Å². The summed E-state index contributed by atoms with van der Waals surface area (Å²) in [6, 6.07) is 9.42. The molecule has 10 nitrogen and oxygen atoms in total. The first-order valence-corrected chi connectivity index (χ1v) is 15.8. The zero-order valence-corrected chi connectivity index (χ0v) is 26.8. The van der Waals surface area contributed by atoms with Gasteiger partial charge in [-0.1, -0.05) is 12.1 Å². The van der Waals surface area contributed by atoms with E-state index in [1.54, 1.807) is 28.9 Å². The number of hydrogen-bond acceptors (Lipinski definition) is 7. The van der Waals surface area contributed by atoms with Gasteiger partial charge in [0.25, 0.3) is 11.8 Å². The number of halogens is 1. The van der Waals surface area contributed by atoms with E-state index < -0.39 is 23.7 Å². The molecule has 3 amide bonds. The van der Waals surface area contributed by atoms with E-state index in [9.17, 15) is 23.6 Å². The van der Waals surface area contributed by atoms with E-state index in [-0.39, 0.29) is 43.5 Å². The summed E-state index contributed by atoms with van der Waals surface area (Å²) in [5.41, 5.74) is 2.84. The van der Waals surface area contributed by atoms with Crippen molar-refractivity contribution in [1.82, 2.24) is 14.7 Å². The number of piperazine rings is 1. The van der Waals surface area contributed by atoms with Crippen LogP contribution in [0.25, 0.3) is 0 Å². The largest absolute Gasteiger partial charge is 0.496 e. The molecule has 242 valence electrons. The van der Waals surface area contributed by atoms with Crippen LogP contribution in [0.15, 0.2) is 36.4 Å². The number of rotatable bonds is 7. The molecular formula is C34H43FN4O6. The monoisotopic (exact) mass is 622 g/mol. The highest BCUT2D eigenvalue weighted by Gasteiger charge is 2.42. The standard InChI is InChI=1S/C34H43FN4O6/c1-6-45-34(43)39-19-21(2)38(18-22(39)3)33(42)31(40)28-20-36(4)29-17-30(44-5)27(16-26(28)29)32(41)37-13-11-24(12-14-37)15-23-7-9-25(35)10-8-23/h7-10,16-17,21-22,24,28H,6,11-15,18-20H2,1-5H3/t21-,22+,28?/m0/s1. The molecule has 0 aromatic heterocycles. The molecule has 5 rings (SSSR count). The average molecular weight is 623 g/mol. The van der Waals surface area contributed by atoms with Crippen molar-refractivity contribution in [2.75, 3.05) is 58.4 Å². The summed E-state index contributed by atoms with van der Waals surface area (Å²) in [6.07, 6.45) is 2.07. The number of nitrogens with zero attached hydrogens (tertiary/aromatic N) is 4. The fraction of sp³-hybridized carbons (Fsp3) is 0.529. The lowest BCUT2D eigenvalue weighted by Gasteiger charge is -2.43. The predicted molar refractivity (Wildman–Crippen MR) is 167 cm³/mol. The van der Waals surface area contributed by atoms with Gasteiger partial charge in [-0.3, -0.25) is 14.4 Å². The molecular weight excluding hydrogens is 579 g/mol. The third-order valence-corrected chi connectivity index (χ3v) is 9.44. The number of Topliss-reactive ketones (excluding diaryl/α,β-unsaturated/α-hetero) is 1. The second-order valence-electron chi connectivity index (χ2n) is 12.5. The van der Waals surface area contributed by atoms with E-state index >= 15 is 0 Å². The Balaban J connectivity index is 1.30. The lowest BCUT2D eigenvalue weighted by molar-refractivity contribution is -0.149. The number of fused-ring (bicyclic) bond motifs is 1. The van der Waals surface area contributed by atoms with Crippen LogP contribution in [-0.4, -0.2) is 104 Å². The van der Waals surface area contributed by atoms with Gasteiger partial charge < -0.3 is 29.1 Å². The van der Waals surface area contributed by atoms with Crippen molar-refractivity contribution in [3.8, 4) is 5.75 Å². The number of methoxy groups -OCH3 is 1. The molecule has 0 aliphatic carbocycles. The van der Waals surface area contributed by atoms with Crippen LogP contribution >= 0.6 is 0 Å². The minimum atomic E-state index is -0.734. The quantitative estimate of drug-likeness (QED) is 0.429. The number of ether oxygens (including phenoxy) is 2. The summed E-state index contributed by atoms with van der Waals surface area (Å²) in [5.74, 6) is -1.45. The van der Waals surface area contributed by atoms with Gasteiger partial charge in [-0.25, -0.2) is 9.18 Å². The van der Waals surface area contributed by atoms with Crippen LogP contribution in [-0.2, 0) is 20.7 Å². The van der Waals surface area contributed by atoms with Crippen molar-refractivity contribution >= 4 is 29.4 Å². The van der Waals surface area contributed by atoms with Crippen molar-refractivity contribution in [2.24, 2.45) is 5.92 Å². The Morgan fingerprint density at radius 3 is 2.22 bits per heavy atom. The zero-order chi connectivity index (χ0) is 32.4. The molecule has 0 saturated carbocycles. The lowest BCUT2D eigenvalue weighted by Crippen LogP contribution is -2.61. The number of piperidine rings is 1. The Labute approximate surface area is 264 Å². The highest BCUT2D eigenvalue weighted by Crippen LogP contribution is 2.41. The summed E-state index contributed by atoms with van der Waals surface area (Å²) < 4.78 is 24.1. The molecule has 3 aliphatic rings. The van der Waals surface area contributed by atoms with Gasteiger partial charge in [0, 0.05) is 63.6 Å². The molecule has 2 aromatic rings. The Morgan fingerprint density at radius 2 is 1.58 bits per heavy atom. The topological polar surface area (TPSA) is 99.7 Å². The fourth-order valence-electron chi connectivity index (χ4n) is 6.85. The maximum absolute atomic E-state index is 13.8. The third-order valence-electron chi connectivity index (χ3n) is 9.44. The first kappa shape index (κ1) is 32.2. The fourth-order valence-corrected chi connectivity index (χ4v) is 6.85. The smallest absolute Gasteiger partial charge is 0.410 e. The van der Waals surface area contributed by atoms with E-state index in [1.165, 1.54) is 19.2 Å². The molecule has 0 N–H and O–H groups in total. The second kappa shape index (κ2) is 13.5. The number of likely N-dealkylation sites (tertiary alicyclic amines) is 1. The molecule has 3 heterocycles. The van der Waals surface area contributed by atoms with Crippen LogP contribution in [0, 0.1) is 11.7 Å². The van der Waals surface area contributed by atoms with Gasteiger partial charge >= 0.3 is 6.09 Å². The summed E-state index contributed by atoms with van der Waals surface area (Å²) >= 11 is 0. The molecule has 0 radical (unpaired) electrons. The van der Waals surface area contributed by atoms with Crippen molar-refractivity contribution in [3.63, 3.8) is 0 Å². The van der Waals surface area contributed by atoms with Crippen LogP contribution in [0.1, 0.15) is 61.0 Å². The molecule has 45 heavy (non-hydrogen) atoms. The normalized spacial score (nSPS) is 21.9. The lowest BCUT2D eigenvalue weighted by atomic mass is 9.89. The molecule has 3 atom stereocenters. The highest BCUT2D eigenvalue weighted by molar-refractivity contribution is 6.38. The van der Waals surface area contributed by atoms with E-state index in [2.05, 4.69) is 0 Å². The first-order chi connectivity index (χ1) is 21.5. The van der Waals surface area contributed by atoms with Crippen LogP contribution < -0.4 is 9.64 Å². The Morgan fingerprint density at radius 1 is 0.933 bits per heavy atom. The van der Waals surface area contributed by atoms with Gasteiger partial charge in [0.15, 0.2) is 0 Å². The summed E-state index contributed by atoms with van der Waals surface area (Å²) in [4.78, 5) is 60.5. The number of ketones is 1. The molecule has 2 aromatic carbocycles. The van der Waals surface area contributed by atoms with Gasteiger partial charge in [0.2, 0.25) is 5.78 Å². The maximum atomic E-state index is 13.8. The summed E-state index contributed by atoms with van der Waals surface area (Å²) in [7, 11) is 3.37. The Hall–Kier alpha value is -4.15. The average Bonchev–Trinajstić information content (AvgIpc) is 3.36. The van der Waals surface area contributed by atoms with E-state index in [0.29, 0.717) is 42.4 Å². The van der Waals surface area contributed by atoms with Gasteiger partial charge in [-0.2, -0.15) is 0 Å². The van der Waals surface area contributed by atoms with Crippen molar-refractivity contribution in [3.05, 3.63) is 58.9 Å². The van der Waals surface area contributed by atoms with Gasteiger partial charge in [-0.15, -0.1) is 0 Å². The summed E-state index contributed by atoms with van der Waals surface area (Å²) in [5, 5.41) is 0. The van der Waals surface area contributed by atoms with Gasteiger partial charge in [0.05, 0.1) is 25.2 Å². The minimum Gasteiger partial charge on any atom is -0.496 e. The molecule has 0 bridgehead atoms. The predicted octanol–water partition coefficient (Wildman–Crippen LogP) is 4.11. The number of carbonyl (C=O) groups is 4. The molecule has 1 unspecified atom stereocenters. The number of hydrogen-bond donors (Lipinski definition) is 0. The number of benzene rings is 2. The van der Waals surface area contributed by atoms with Crippen molar-refractivity contribution in [2.45, 2.75) is 58.0 Å². The van der Waals surface area contributed by atoms with Crippen LogP contribution in [0.4, 0.5) is 14.9 Å². The molecule has 11 heteroatoms. The van der Waals surface area contributed by atoms with Crippen molar-refractivity contribution in [1.29, 1.82) is 0 Å². The van der Waals surface area contributed by atoms with E-state index in [0.717, 1.165) is 30.5 Å². The number of anilines is 1. The Kier molecular flexibility index (Phi) is 9.65. The van der Waals surface area contributed by atoms with Crippen LogP contribution in [0.5, 0.6) is 5.75 Å². The first-order valence-electron chi connectivity index (χ1n) is 15.8. The van der Waals surface area contributed by atoms with Gasteiger partial charge in [-0.05, 0) is 75.3 Å².